The largest absolute Gasteiger partial charge is 0.506 e. The summed E-state index contributed by atoms with van der Waals surface area (Å²) in [6.45, 7) is 15.8. The van der Waals surface area contributed by atoms with Crippen LogP contribution in [-0.4, -0.2) is 35.7 Å². The predicted octanol–water partition coefficient (Wildman–Crippen LogP) is 3.64. The summed E-state index contributed by atoms with van der Waals surface area (Å²) >= 11 is 0. The summed E-state index contributed by atoms with van der Waals surface area (Å²) in [5, 5.41) is 10.8. The van der Waals surface area contributed by atoms with Crippen molar-refractivity contribution in [2.24, 2.45) is 15.8 Å². The molecule has 0 unspecified atom stereocenters. The Balaban J connectivity index is 3.62. The van der Waals surface area contributed by atoms with Crippen LogP contribution < -0.4 is 0 Å². The number of nitrogens with zero attached hydrogens (tertiary/aromatic N) is 1. The van der Waals surface area contributed by atoms with E-state index in [4.69, 9.17) is 9.47 Å². The maximum absolute atomic E-state index is 12.4. The van der Waals surface area contributed by atoms with Crippen LogP contribution >= 0.6 is 0 Å². The van der Waals surface area contributed by atoms with Crippen molar-refractivity contribution in [3.63, 3.8) is 0 Å². The molecule has 0 aromatic carbocycles. The molecule has 126 valence electrons. The normalized spacial score (nSPS) is 22.8. The first kappa shape index (κ1) is 18.7. The van der Waals surface area contributed by atoms with Crippen LogP contribution in [0, 0.1) is 10.8 Å². The molecule has 0 spiro atoms. The Morgan fingerprint density at radius 1 is 1.14 bits per heavy atom. The first-order chi connectivity index (χ1) is 9.92. The lowest BCUT2D eigenvalue weighted by Gasteiger charge is -2.38. The molecule has 0 aliphatic carbocycles. The van der Waals surface area contributed by atoms with Crippen LogP contribution in [0.25, 0.3) is 0 Å². The minimum atomic E-state index is -1.26. The minimum absolute atomic E-state index is 0.137. The number of aliphatic imine (C=N–C) groups is 1. The van der Waals surface area contributed by atoms with Crippen molar-refractivity contribution in [2.75, 3.05) is 13.2 Å². The van der Waals surface area contributed by atoms with E-state index in [2.05, 4.69) is 4.99 Å². The molecule has 1 atom stereocenters. The highest BCUT2D eigenvalue weighted by atomic mass is 16.5. The molecule has 1 aliphatic rings. The van der Waals surface area contributed by atoms with Gasteiger partial charge in [0.15, 0.2) is 5.76 Å². The van der Waals surface area contributed by atoms with Gasteiger partial charge in [-0.1, -0.05) is 41.5 Å². The van der Waals surface area contributed by atoms with Gasteiger partial charge in [-0.25, -0.2) is 9.79 Å². The zero-order valence-corrected chi connectivity index (χ0v) is 15.0. The Labute approximate surface area is 133 Å². The number of esters is 1. The molecule has 22 heavy (non-hydrogen) atoms. The Bertz CT molecular complexity index is 506. The molecule has 0 fully saturated rings. The molecule has 0 bridgehead atoms. The summed E-state index contributed by atoms with van der Waals surface area (Å²) in [5.74, 6) is -0.704. The number of aliphatic hydroxyl groups excluding tert-OH is 1. The number of rotatable bonds is 4. The zero-order chi connectivity index (χ0) is 17.3. The van der Waals surface area contributed by atoms with Crippen LogP contribution in [0.2, 0.25) is 0 Å². The van der Waals surface area contributed by atoms with Gasteiger partial charge >= 0.3 is 5.97 Å². The van der Waals surface area contributed by atoms with Gasteiger partial charge in [0.2, 0.25) is 5.72 Å². The Morgan fingerprint density at radius 2 is 1.68 bits per heavy atom. The molecule has 0 aromatic heterocycles. The molecule has 1 N–H and O–H groups in total. The second-order valence-corrected chi connectivity index (χ2v) is 7.48. The third-order valence-corrected chi connectivity index (χ3v) is 3.62. The molecule has 0 aromatic rings. The molecular weight excluding hydrogens is 282 g/mol. The van der Waals surface area contributed by atoms with E-state index in [1.165, 1.54) is 0 Å². The van der Waals surface area contributed by atoms with Crippen LogP contribution in [0.4, 0.5) is 0 Å². The summed E-state index contributed by atoms with van der Waals surface area (Å²) in [7, 11) is 0. The van der Waals surface area contributed by atoms with Gasteiger partial charge in [0.25, 0.3) is 0 Å². The number of carbonyl (C=O) groups is 1. The molecule has 1 aliphatic heterocycles. The summed E-state index contributed by atoms with van der Waals surface area (Å²) in [5.41, 5.74) is -1.53. The van der Waals surface area contributed by atoms with Gasteiger partial charge in [-0.15, -0.1) is 0 Å². The second kappa shape index (κ2) is 6.03. The van der Waals surface area contributed by atoms with Crippen molar-refractivity contribution < 1.29 is 19.4 Å². The second-order valence-electron chi connectivity index (χ2n) is 7.48. The number of ether oxygens (including phenoxy) is 2. The van der Waals surface area contributed by atoms with E-state index in [9.17, 15) is 9.90 Å². The van der Waals surface area contributed by atoms with E-state index in [1.54, 1.807) is 6.92 Å². The molecule has 0 saturated heterocycles. The average Bonchev–Trinajstić information content (AvgIpc) is 2.64. The molecule has 1 heterocycles. The van der Waals surface area contributed by atoms with Crippen LogP contribution in [0.1, 0.15) is 55.4 Å². The van der Waals surface area contributed by atoms with Gasteiger partial charge in [-0.2, -0.15) is 0 Å². The molecule has 5 heteroatoms. The topological polar surface area (TPSA) is 68.1 Å². The SMILES string of the molecule is CCOC(=O)C1=C(O)[C@](OCC)(C(C)(C)C)N=C1C(C)(C)C. The number of hydrogen-bond acceptors (Lipinski definition) is 5. The molecule has 1 rings (SSSR count). The lowest BCUT2D eigenvalue weighted by atomic mass is 9.81. The van der Waals surface area contributed by atoms with Crippen molar-refractivity contribution in [3.8, 4) is 0 Å². The molecule has 0 saturated carbocycles. The fraction of sp³-hybridized carbons (Fsp3) is 0.765. The maximum Gasteiger partial charge on any atom is 0.343 e. The number of carbonyl (C=O) groups excluding carboxylic acids is 1. The van der Waals surface area contributed by atoms with Gasteiger partial charge in [0.05, 0.1) is 12.3 Å². The summed E-state index contributed by atoms with van der Waals surface area (Å²) in [6, 6.07) is 0. The Morgan fingerprint density at radius 3 is 2.05 bits per heavy atom. The highest BCUT2D eigenvalue weighted by molar-refractivity contribution is 6.23. The van der Waals surface area contributed by atoms with E-state index >= 15 is 0 Å². The van der Waals surface area contributed by atoms with Crippen molar-refractivity contribution in [1.82, 2.24) is 0 Å². The van der Waals surface area contributed by atoms with Crippen LogP contribution in [0.15, 0.2) is 16.3 Å². The third kappa shape index (κ3) is 3.05. The van der Waals surface area contributed by atoms with E-state index < -0.39 is 22.5 Å². The summed E-state index contributed by atoms with van der Waals surface area (Å²) in [4.78, 5) is 17.0. The van der Waals surface area contributed by atoms with Gasteiger partial charge in [0, 0.05) is 17.4 Å². The van der Waals surface area contributed by atoms with Crippen molar-refractivity contribution in [1.29, 1.82) is 0 Å². The van der Waals surface area contributed by atoms with Gasteiger partial charge < -0.3 is 14.6 Å². The van der Waals surface area contributed by atoms with Gasteiger partial charge in [-0.3, -0.25) is 0 Å². The average molecular weight is 311 g/mol. The predicted molar refractivity (Wildman–Crippen MR) is 87.0 cm³/mol. The van der Waals surface area contributed by atoms with Crippen molar-refractivity contribution >= 4 is 11.7 Å². The van der Waals surface area contributed by atoms with E-state index in [0.29, 0.717) is 12.3 Å². The molecule has 0 radical (unpaired) electrons. The smallest absolute Gasteiger partial charge is 0.343 e. The minimum Gasteiger partial charge on any atom is -0.506 e. The fourth-order valence-electron chi connectivity index (χ4n) is 2.54. The Hall–Kier alpha value is -1.36. The molecule has 5 nitrogen and oxygen atoms in total. The van der Waals surface area contributed by atoms with E-state index in [0.717, 1.165) is 0 Å². The number of aliphatic hydroxyl groups is 1. The maximum atomic E-state index is 12.4. The number of hydrogen-bond donors (Lipinski definition) is 1. The monoisotopic (exact) mass is 311 g/mol. The lowest BCUT2D eigenvalue weighted by Crippen LogP contribution is -2.45. The van der Waals surface area contributed by atoms with Crippen molar-refractivity contribution in [2.45, 2.75) is 61.1 Å². The van der Waals surface area contributed by atoms with Crippen molar-refractivity contribution in [3.05, 3.63) is 11.3 Å². The first-order valence-electron chi connectivity index (χ1n) is 7.77. The van der Waals surface area contributed by atoms with E-state index in [1.807, 2.05) is 48.5 Å². The quantitative estimate of drug-likeness (QED) is 0.805. The van der Waals surface area contributed by atoms with E-state index in [-0.39, 0.29) is 17.9 Å². The van der Waals surface area contributed by atoms with Crippen LogP contribution in [0.5, 0.6) is 0 Å². The van der Waals surface area contributed by atoms with Crippen LogP contribution in [-0.2, 0) is 14.3 Å². The van der Waals surface area contributed by atoms with Crippen LogP contribution in [0.3, 0.4) is 0 Å². The first-order valence-corrected chi connectivity index (χ1v) is 7.77. The molecule has 0 amide bonds. The Kier molecular flexibility index (Phi) is 5.12. The highest BCUT2D eigenvalue weighted by Gasteiger charge is 2.55. The molecular formula is C17H29NO4. The van der Waals surface area contributed by atoms with Gasteiger partial charge in [0.1, 0.15) is 5.57 Å². The summed E-state index contributed by atoms with van der Waals surface area (Å²) in [6.07, 6.45) is 0. The third-order valence-electron chi connectivity index (χ3n) is 3.62. The standard InChI is InChI=1S/C17H29NO4/c1-9-21-14(20)11-12(15(3,4)5)18-17(13(11)19,22-10-2)16(6,7)8/h19H,9-10H2,1-8H3/t17-/m0/s1. The van der Waals surface area contributed by atoms with Gasteiger partial charge in [-0.05, 0) is 13.8 Å². The highest BCUT2D eigenvalue weighted by Crippen LogP contribution is 2.47. The lowest BCUT2D eigenvalue weighted by molar-refractivity contribution is -0.138. The zero-order valence-electron chi connectivity index (χ0n) is 15.0. The summed E-state index contributed by atoms with van der Waals surface area (Å²) < 4.78 is 11.0. The fourth-order valence-corrected chi connectivity index (χ4v) is 2.54.